The maximum absolute atomic E-state index is 12.3. The monoisotopic (exact) mass is 323 g/mol. The number of aliphatic hydroxyl groups excluding tert-OH is 2. The van der Waals surface area contributed by atoms with Crippen molar-refractivity contribution in [3.63, 3.8) is 0 Å². The molecule has 0 saturated heterocycles. The Hall–Kier alpha value is -1.66. The van der Waals surface area contributed by atoms with Gasteiger partial charge < -0.3 is 20.6 Å². The van der Waals surface area contributed by atoms with Crippen LogP contribution in [0.25, 0.3) is 0 Å². The fraction of sp³-hybridized carbons (Fsp3) is 0.647. The number of aliphatic carboxylic acids is 1. The van der Waals surface area contributed by atoms with E-state index in [1.807, 2.05) is 12.2 Å². The zero-order chi connectivity index (χ0) is 17.4. The lowest BCUT2D eigenvalue weighted by molar-refractivity contribution is -0.147. The highest BCUT2D eigenvalue weighted by Crippen LogP contribution is 2.55. The number of nitrogens with one attached hydrogen (secondary N) is 1. The first kappa shape index (κ1) is 17.7. The number of carbonyl (C=O) groups is 2. The topological polar surface area (TPSA) is 107 Å². The van der Waals surface area contributed by atoms with Gasteiger partial charge in [0.2, 0.25) is 5.91 Å². The third-order valence-corrected chi connectivity index (χ3v) is 5.23. The van der Waals surface area contributed by atoms with E-state index in [0.29, 0.717) is 12.8 Å². The number of rotatable bonds is 7. The van der Waals surface area contributed by atoms with Crippen LogP contribution in [0, 0.1) is 22.7 Å². The van der Waals surface area contributed by atoms with Crippen LogP contribution in [0.5, 0.6) is 0 Å². The van der Waals surface area contributed by atoms with Crippen LogP contribution in [-0.4, -0.2) is 45.9 Å². The Morgan fingerprint density at radius 2 is 2.17 bits per heavy atom. The molecule has 6 nitrogen and oxygen atoms in total. The summed E-state index contributed by atoms with van der Waals surface area (Å²) < 4.78 is 0. The summed E-state index contributed by atoms with van der Waals surface area (Å²) in [5.41, 5.74) is -1.51. The largest absolute Gasteiger partial charge is 0.481 e. The molecular formula is C17H25NO5. The Morgan fingerprint density at radius 3 is 2.70 bits per heavy atom. The molecule has 0 radical (unpaired) electrons. The van der Waals surface area contributed by atoms with Crippen molar-refractivity contribution in [2.24, 2.45) is 22.7 Å². The zero-order valence-electron chi connectivity index (χ0n) is 13.5. The summed E-state index contributed by atoms with van der Waals surface area (Å²) in [6, 6.07) is -0.561. The molecule has 128 valence electrons. The predicted octanol–water partition coefficient (Wildman–Crippen LogP) is 0.704. The average molecular weight is 323 g/mol. The van der Waals surface area contributed by atoms with Gasteiger partial charge in [0.1, 0.15) is 6.10 Å². The van der Waals surface area contributed by atoms with Crippen molar-refractivity contribution in [3.05, 3.63) is 24.8 Å². The van der Waals surface area contributed by atoms with Gasteiger partial charge in [0.15, 0.2) is 0 Å². The number of carbonyl (C=O) groups excluding carboxylic acids is 1. The number of carboxylic acids is 1. The SMILES string of the molecule is C=CC[C@@]12C=C[C@@H](C1)[C@@H](NC(=O)[C@H](O)C(C)(C)CO)[C@H]2C(=O)O. The first-order valence-corrected chi connectivity index (χ1v) is 7.81. The summed E-state index contributed by atoms with van der Waals surface area (Å²) in [4.78, 5) is 24.1. The minimum Gasteiger partial charge on any atom is -0.481 e. The van der Waals surface area contributed by atoms with Crippen molar-refractivity contribution in [3.8, 4) is 0 Å². The molecule has 2 bridgehead atoms. The lowest BCUT2D eigenvalue weighted by Crippen LogP contribution is -2.53. The summed E-state index contributed by atoms with van der Waals surface area (Å²) in [6.45, 7) is 6.51. The van der Waals surface area contributed by atoms with Gasteiger partial charge in [-0.1, -0.05) is 32.1 Å². The second kappa shape index (κ2) is 6.09. The van der Waals surface area contributed by atoms with Crippen LogP contribution in [0.2, 0.25) is 0 Å². The van der Waals surface area contributed by atoms with E-state index in [2.05, 4.69) is 11.9 Å². The maximum Gasteiger partial charge on any atom is 0.309 e. The first-order chi connectivity index (χ1) is 10.7. The van der Waals surface area contributed by atoms with E-state index in [4.69, 9.17) is 0 Å². The van der Waals surface area contributed by atoms with Crippen molar-refractivity contribution in [1.82, 2.24) is 5.32 Å². The van der Waals surface area contributed by atoms with Gasteiger partial charge in [-0.2, -0.15) is 0 Å². The normalized spacial score (nSPS) is 33.5. The maximum atomic E-state index is 12.3. The van der Waals surface area contributed by atoms with Crippen molar-refractivity contribution in [2.45, 2.75) is 38.8 Å². The van der Waals surface area contributed by atoms with E-state index >= 15 is 0 Å². The molecule has 0 aliphatic heterocycles. The fourth-order valence-electron chi connectivity index (χ4n) is 3.79. The third-order valence-electron chi connectivity index (χ3n) is 5.23. The van der Waals surface area contributed by atoms with Crippen molar-refractivity contribution >= 4 is 11.9 Å². The van der Waals surface area contributed by atoms with Crippen molar-refractivity contribution < 1.29 is 24.9 Å². The van der Waals surface area contributed by atoms with Gasteiger partial charge in [-0.3, -0.25) is 9.59 Å². The lowest BCUT2D eigenvalue weighted by Gasteiger charge is -2.35. The number of hydrogen-bond donors (Lipinski definition) is 4. The smallest absolute Gasteiger partial charge is 0.309 e. The molecule has 2 aliphatic rings. The van der Waals surface area contributed by atoms with Crippen molar-refractivity contribution in [1.29, 1.82) is 0 Å². The zero-order valence-corrected chi connectivity index (χ0v) is 13.5. The Labute approximate surface area is 135 Å². The van der Waals surface area contributed by atoms with Gasteiger partial charge in [-0.15, -0.1) is 6.58 Å². The fourth-order valence-corrected chi connectivity index (χ4v) is 3.79. The molecule has 0 aromatic heterocycles. The molecule has 0 aromatic carbocycles. The van der Waals surface area contributed by atoms with Crippen LogP contribution in [0.4, 0.5) is 0 Å². The predicted molar refractivity (Wildman–Crippen MR) is 84.4 cm³/mol. The Bertz CT molecular complexity index is 541. The van der Waals surface area contributed by atoms with Crippen LogP contribution in [0.1, 0.15) is 26.7 Å². The molecule has 5 atom stereocenters. The molecule has 0 spiro atoms. The van der Waals surface area contributed by atoms with Crippen LogP contribution in [0.15, 0.2) is 24.8 Å². The van der Waals surface area contributed by atoms with Gasteiger partial charge in [0.25, 0.3) is 0 Å². The van der Waals surface area contributed by atoms with Gasteiger partial charge in [0, 0.05) is 16.9 Å². The molecular weight excluding hydrogens is 298 g/mol. The van der Waals surface area contributed by atoms with E-state index in [1.165, 1.54) is 0 Å². The molecule has 23 heavy (non-hydrogen) atoms. The highest BCUT2D eigenvalue weighted by Gasteiger charge is 2.58. The van der Waals surface area contributed by atoms with Crippen LogP contribution < -0.4 is 5.32 Å². The standard InChI is InChI=1S/C17H25NO5/c1-4-6-17-7-5-10(8-17)12(11(17)15(22)23)18-14(21)13(20)16(2,3)9-19/h4-5,7,10-13,19-20H,1,6,8-9H2,2-3H3,(H,18,21)(H,22,23)/t10-,11-,12+,13-,17+/m0/s1. The van der Waals surface area contributed by atoms with Crippen molar-refractivity contribution in [2.75, 3.05) is 6.61 Å². The number of fused-ring (bicyclic) bond motifs is 2. The number of allylic oxidation sites excluding steroid dienone is 2. The van der Waals surface area contributed by atoms with E-state index in [-0.39, 0.29) is 12.5 Å². The number of aliphatic hydroxyl groups is 2. The third kappa shape index (κ3) is 2.93. The molecule has 1 fully saturated rings. The molecule has 2 rings (SSSR count). The Kier molecular flexibility index (Phi) is 4.69. The Morgan fingerprint density at radius 1 is 1.52 bits per heavy atom. The molecule has 0 unspecified atom stereocenters. The van der Waals surface area contributed by atoms with E-state index in [0.717, 1.165) is 0 Å². The summed E-state index contributed by atoms with van der Waals surface area (Å²) >= 11 is 0. The minimum atomic E-state index is -1.40. The number of carboxylic acid groups (broad SMARTS) is 1. The average Bonchev–Trinajstić information content (AvgIpc) is 3.02. The quantitative estimate of drug-likeness (QED) is 0.516. The van der Waals surface area contributed by atoms with Crippen LogP contribution in [0.3, 0.4) is 0 Å². The van der Waals surface area contributed by atoms with Gasteiger partial charge in [0.05, 0.1) is 12.5 Å². The van der Waals surface area contributed by atoms with E-state index in [9.17, 15) is 24.9 Å². The highest BCUT2D eigenvalue weighted by atomic mass is 16.4. The summed E-state index contributed by atoms with van der Waals surface area (Å²) in [5.74, 6) is -2.41. The second-order valence-electron chi connectivity index (χ2n) is 7.35. The van der Waals surface area contributed by atoms with Gasteiger partial charge in [-0.25, -0.2) is 0 Å². The minimum absolute atomic E-state index is 0.0653. The van der Waals surface area contributed by atoms with Gasteiger partial charge in [-0.05, 0) is 18.8 Å². The molecule has 1 saturated carbocycles. The highest BCUT2D eigenvalue weighted by molar-refractivity contribution is 5.83. The van der Waals surface area contributed by atoms with Crippen LogP contribution >= 0.6 is 0 Å². The summed E-state index contributed by atoms with van der Waals surface area (Å²) in [5, 5.41) is 31.7. The van der Waals surface area contributed by atoms with E-state index < -0.39 is 40.8 Å². The molecule has 0 aromatic rings. The first-order valence-electron chi connectivity index (χ1n) is 7.81. The van der Waals surface area contributed by atoms with Gasteiger partial charge >= 0.3 is 5.97 Å². The summed E-state index contributed by atoms with van der Waals surface area (Å²) in [7, 11) is 0. The second-order valence-corrected chi connectivity index (χ2v) is 7.35. The van der Waals surface area contributed by atoms with Crippen LogP contribution in [-0.2, 0) is 9.59 Å². The number of hydrogen-bond acceptors (Lipinski definition) is 4. The molecule has 4 N–H and O–H groups in total. The molecule has 0 heterocycles. The molecule has 2 aliphatic carbocycles. The Balaban J connectivity index is 2.20. The van der Waals surface area contributed by atoms with E-state index in [1.54, 1.807) is 19.9 Å². The number of amides is 1. The lowest BCUT2D eigenvalue weighted by atomic mass is 9.73. The molecule has 1 amide bonds. The molecule has 6 heteroatoms. The summed E-state index contributed by atoms with van der Waals surface area (Å²) in [6.07, 6.45) is 5.36.